The number of carbonyl (C=O) groups is 2. The molecule has 1 amide bonds. The minimum Gasteiger partial charge on any atom is -0.452 e. The number of nitrogens with two attached hydrogens (primary N) is 1. The van der Waals surface area contributed by atoms with Gasteiger partial charge in [-0.3, -0.25) is 4.79 Å². The molecule has 7 heteroatoms. The minimum atomic E-state index is -0.711. The lowest BCUT2D eigenvalue weighted by molar-refractivity contribution is -0.140. The summed E-state index contributed by atoms with van der Waals surface area (Å²) in [7, 11) is 0. The van der Waals surface area contributed by atoms with Gasteiger partial charge in [-0.1, -0.05) is 23.2 Å². The lowest BCUT2D eigenvalue weighted by atomic mass is 9.97. The van der Waals surface area contributed by atoms with Crippen LogP contribution in [0.1, 0.15) is 43.5 Å². The van der Waals surface area contributed by atoms with Crippen LogP contribution >= 0.6 is 23.2 Å². The van der Waals surface area contributed by atoms with Crippen LogP contribution in [-0.2, 0) is 9.53 Å². The van der Waals surface area contributed by atoms with Gasteiger partial charge in [0.25, 0.3) is 5.91 Å². The lowest BCUT2D eigenvalue weighted by Gasteiger charge is -2.38. The second-order valence-corrected chi connectivity index (χ2v) is 6.70. The molecule has 0 unspecified atom stereocenters. The molecule has 1 saturated heterocycles. The Kier molecular flexibility index (Phi) is 5.76. The van der Waals surface area contributed by atoms with Gasteiger partial charge in [-0.05, 0) is 45.2 Å². The average Bonchev–Trinajstić information content (AvgIpc) is 2.48. The number of halogens is 2. The molecule has 2 atom stereocenters. The Morgan fingerprint density at radius 1 is 1.26 bits per heavy atom. The van der Waals surface area contributed by atoms with Crippen LogP contribution in [0.25, 0.3) is 0 Å². The van der Waals surface area contributed by atoms with Crippen molar-refractivity contribution in [2.24, 2.45) is 0 Å². The van der Waals surface area contributed by atoms with Gasteiger partial charge in [0.15, 0.2) is 6.61 Å². The summed E-state index contributed by atoms with van der Waals surface area (Å²) in [6.45, 7) is 3.69. The van der Waals surface area contributed by atoms with Crippen LogP contribution in [-0.4, -0.2) is 35.5 Å². The van der Waals surface area contributed by atoms with Crippen molar-refractivity contribution in [3.63, 3.8) is 0 Å². The fraction of sp³-hybridized carbons (Fsp3) is 0.500. The Morgan fingerprint density at radius 3 is 2.48 bits per heavy atom. The quantitative estimate of drug-likeness (QED) is 0.662. The summed E-state index contributed by atoms with van der Waals surface area (Å²) in [5.41, 5.74) is 5.91. The number of piperidine rings is 1. The van der Waals surface area contributed by atoms with E-state index in [9.17, 15) is 9.59 Å². The molecule has 1 fully saturated rings. The van der Waals surface area contributed by atoms with Gasteiger partial charge in [-0.15, -0.1) is 0 Å². The monoisotopic (exact) mass is 358 g/mol. The zero-order chi connectivity index (χ0) is 17.1. The fourth-order valence-electron chi connectivity index (χ4n) is 2.95. The van der Waals surface area contributed by atoms with Gasteiger partial charge in [0, 0.05) is 17.1 Å². The van der Waals surface area contributed by atoms with Gasteiger partial charge in [-0.2, -0.15) is 0 Å². The van der Waals surface area contributed by atoms with Crippen molar-refractivity contribution in [1.29, 1.82) is 0 Å². The van der Waals surface area contributed by atoms with Crippen LogP contribution < -0.4 is 5.73 Å². The molecule has 1 aliphatic heterocycles. The highest BCUT2D eigenvalue weighted by molar-refractivity contribution is 6.37. The van der Waals surface area contributed by atoms with E-state index in [1.165, 1.54) is 12.1 Å². The molecule has 126 valence electrons. The molecule has 5 nitrogen and oxygen atoms in total. The van der Waals surface area contributed by atoms with Crippen LogP contribution in [0.4, 0.5) is 5.69 Å². The van der Waals surface area contributed by atoms with Crippen LogP contribution in [0.3, 0.4) is 0 Å². The predicted molar refractivity (Wildman–Crippen MR) is 90.8 cm³/mol. The molecule has 2 rings (SSSR count). The first-order chi connectivity index (χ1) is 10.8. The number of rotatable bonds is 3. The first-order valence-corrected chi connectivity index (χ1v) is 8.29. The van der Waals surface area contributed by atoms with Gasteiger partial charge >= 0.3 is 5.97 Å². The average molecular weight is 359 g/mol. The van der Waals surface area contributed by atoms with Gasteiger partial charge < -0.3 is 15.4 Å². The molecule has 1 heterocycles. The van der Waals surface area contributed by atoms with E-state index in [2.05, 4.69) is 0 Å². The van der Waals surface area contributed by atoms with Crippen molar-refractivity contribution in [3.05, 3.63) is 27.7 Å². The number of carbonyl (C=O) groups excluding carboxylic acids is 2. The Hall–Kier alpha value is -1.46. The maximum Gasteiger partial charge on any atom is 0.340 e. The minimum absolute atomic E-state index is 0.0649. The zero-order valence-electron chi connectivity index (χ0n) is 13.1. The van der Waals surface area contributed by atoms with E-state index in [-0.39, 0.29) is 45.9 Å². The highest BCUT2D eigenvalue weighted by atomic mass is 35.5. The van der Waals surface area contributed by atoms with E-state index in [1.54, 1.807) is 4.90 Å². The number of nitrogen functional groups attached to an aromatic ring is 1. The molecular formula is C16H20Cl2N2O3. The molecule has 0 radical (unpaired) electrons. The van der Waals surface area contributed by atoms with Crippen molar-refractivity contribution in [3.8, 4) is 0 Å². The Balaban J connectivity index is 2.03. The van der Waals surface area contributed by atoms with Gasteiger partial charge in [0.2, 0.25) is 0 Å². The SMILES string of the molecule is C[C@@H]1CCC[C@@H](C)N1C(=O)COC(=O)c1cc(Cl)cc(Cl)c1N. The van der Waals surface area contributed by atoms with E-state index in [4.69, 9.17) is 33.7 Å². The largest absolute Gasteiger partial charge is 0.452 e. The van der Waals surface area contributed by atoms with E-state index in [1.807, 2.05) is 13.8 Å². The maximum absolute atomic E-state index is 12.3. The number of likely N-dealkylation sites (tertiary alicyclic amines) is 1. The molecular weight excluding hydrogens is 339 g/mol. The molecule has 0 saturated carbocycles. The van der Waals surface area contributed by atoms with Crippen LogP contribution in [0.5, 0.6) is 0 Å². The predicted octanol–water partition coefficient (Wildman–Crippen LogP) is 3.52. The van der Waals surface area contributed by atoms with Crippen molar-refractivity contribution in [2.75, 3.05) is 12.3 Å². The Morgan fingerprint density at radius 2 is 1.87 bits per heavy atom. The molecule has 2 N–H and O–H groups in total. The van der Waals surface area contributed by atoms with Crippen molar-refractivity contribution in [1.82, 2.24) is 4.90 Å². The topological polar surface area (TPSA) is 72.6 Å². The molecule has 0 bridgehead atoms. The number of anilines is 1. The second-order valence-electron chi connectivity index (χ2n) is 5.85. The number of hydrogen-bond donors (Lipinski definition) is 1. The molecule has 0 aliphatic carbocycles. The normalized spacial score (nSPS) is 21.1. The number of benzene rings is 1. The van der Waals surface area contributed by atoms with E-state index in [0.29, 0.717) is 0 Å². The van der Waals surface area contributed by atoms with E-state index >= 15 is 0 Å². The van der Waals surface area contributed by atoms with Crippen LogP contribution in [0.2, 0.25) is 10.0 Å². The first-order valence-electron chi connectivity index (χ1n) is 7.54. The third-order valence-electron chi connectivity index (χ3n) is 4.12. The Bertz CT molecular complexity index is 612. The summed E-state index contributed by atoms with van der Waals surface area (Å²) in [6.07, 6.45) is 3.02. The summed E-state index contributed by atoms with van der Waals surface area (Å²) in [5, 5.41) is 0.454. The molecule has 0 spiro atoms. The van der Waals surface area contributed by atoms with Crippen molar-refractivity contribution < 1.29 is 14.3 Å². The number of nitrogens with zero attached hydrogens (tertiary/aromatic N) is 1. The van der Waals surface area contributed by atoms with Gasteiger partial charge in [0.1, 0.15) is 0 Å². The third-order valence-corrected chi connectivity index (χ3v) is 4.65. The number of esters is 1. The summed E-state index contributed by atoms with van der Waals surface area (Å²) in [5.74, 6) is -0.915. The van der Waals surface area contributed by atoms with E-state index < -0.39 is 5.97 Å². The van der Waals surface area contributed by atoms with Crippen LogP contribution in [0, 0.1) is 0 Å². The number of amides is 1. The molecule has 1 aromatic rings. The van der Waals surface area contributed by atoms with Crippen LogP contribution in [0.15, 0.2) is 12.1 Å². The third kappa shape index (κ3) is 4.09. The zero-order valence-corrected chi connectivity index (χ0v) is 14.7. The number of hydrogen-bond acceptors (Lipinski definition) is 4. The van der Waals surface area contributed by atoms with Gasteiger partial charge in [-0.25, -0.2) is 4.79 Å². The number of ether oxygens (including phenoxy) is 1. The van der Waals surface area contributed by atoms with Crippen molar-refractivity contribution >= 4 is 40.8 Å². The highest BCUT2D eigenvalue weighted by Gasteiger charge is 2.29. The van der Waals surface area contributed by atoms with Gasteiger partial charge in [0.05, 0.1) is 16.3 Å². The molecule has 1 aliphatic rings. The van der Waals surface area contributed by atoms with E-state index in [0.717, 1.165) is 19.3 Å². The lowest BCUT2D eigenvalue weighted by Crippen LogP contribution is -2.49. The molecule has 0 aromatic heterocycles. The summed E-state index contributed by atoms with van der Waals surface area (Å²) in [6, 6.07) is 3.12. The molecule has 1 aromatic carbocycles. The summed E-state index contributed by atoms with van der Waals surface area (Å²) < 4.78 is 5.10. The summed E-state index contributed by atoms with van der Waals surface area (Å²) in [4.78, 5) is 26.3. The second kappa shape index (κ2) is 7.41. The summed E-state index contributed by atoms with van der Waals surface area (Å²) >= 11 is 11.8. The highest BCUT2D eigenvalue weighted by Crippen LogP contribution is 2.28. The standard InChI is InChI=1S/C16H20Cl2N2O3/c1-9-4-3-5-10(2)20(9)14(21)8-23-16(22)12-6-11(17)7-13(18)15(12)19/h6-7,9-10H,3-5,8,19H2,1-2H3/t9-,10-/m1/s1. The smallest absolute Gasteiger partial charge is 0.340 e. The fourth-order valence-corrected chi connectivity index (χ4v) is 3.44. The first kappa shape index (κ1) is 17.9. The Labute approximate surface area is 145 Å². The molecule has 23 heavy (non-hydrogen) atoms. The van der Waals surface area contributed by atoms with Crippen molar-refractivity contribution in [2.45, 2.75) is 45.2 Å². The maximum atomic E-state index is 12.3.